The molecular formula is C21H30N4O5. The molecule has 0 heterocycles. The lowest BCUT2D eigenvalue weighted by atomic mass is 9.86. The van der Waals surface area contributed by atoms with E-state index in [4.69, 9.17) is 4.74 Å². The second-order valence-corrected chi connectivity index (χ2v) is 7.40. The van der Waals surface area contributed by atoms with Crippen molar-refractivity contribution >= 4 is 23.8 Å². The topological polar surface area (TPSA) is 126 Å². The van der Waals surface area contributed by atoms with Crippen molar-refractivity contribution in [3.63, 3.8) is 0 Å². The van der Waals surface area contributed by atoms with Crippen molar-refractivity contribution in [2.45, 2.75) is 45.3 Å². The highest BCUT2D eigenvalue weighted by molar-refractivity contribution is 5.89. The van der Waals surface area contributed by atoms with Crippen molar-refractivity contribution in [2.24, 2.45) is 5.92 Å². The van der Waals surface area contributed by atoms with E-state index in [0.29, 0.717) is 5.92 Å². The Hall–Kier alpha value is -3.10. The third-order valence-corrected chi connectivity index (χ3v) is 4.96. The van der Waals surface area contributed by atoms with Gasteiger partial charge in [0.15, 0.2) is 0 Å². The molecule has 0 radical (unpaired) electrons. The number of benzene rings is 1. The van der Waals surface area contributed by atoms with Crippen molar-refractivity contribution in [2.75, 3.05) is 19.6 Å². The number of rotatable bonds is 9. The molecule has 0 bridgehead atoms. The van der Waals surface area contributed by atoms with Gasteiger partial charge in [-0.1, -0.05) is 50.1 Å². The molecular weight excluding hydrogens is 388 g/mol. The fourth-order valence-electron chi connectivity index (χ4n) is 3.20. The molecule has 9 nitrogen and oxygen atoms in total. The maximum atomic E-state index is 12.0. The van der Waals surface area contributed by atoms with E-state index in [2.05, 4.69) is 28.2 Å². The quantitative estimate of drug-likeness (QED) is 0.473. The third kappa shape index (κ3) is 8.93. The fraction of sp³-hybridized carbons (Fsp3) is 0.524. The molecule has 0 aliphatic heterocycles. The monoisotopic (exact) mass is 418 g/mol. The van der Waals surface area contributed by atoms with Gasteiger partial charge in [0.1, 0.15) is 13.2 Å². The first-order chi connectivity index (χ1) is 14.4. The summed E-state index contributed by atoms with van der Waals surface area (Å²) in [6, 6.07) is 9.29. The van der Waals surface area contributed by atoms with Crippen LogP contribution >= 0.6 is 0 Å². The largest absolute Gasteiger partial charge is 0.445 e. The third-order valence-electron chi connectivity index (χ3n) is 4.96. The number of hydrogen-bond acceptors (Lipinski definition) is 5. The molecule has 1 aromatic rings. The van der Waals surface area contributed by atoms with Crippen LogP contribution in [0.2, 0.25) is 0 Å². The highest BCUT2D eigenvalue weighted by Gasteiger charge is 2.22. The van der Waals surface area contributed by atoms with Crippen LogP contribution in [-0.2, 0) is 25.7 Å². The van der Waals surface area contributed by atoms with E-state index in [1.165, 1.54) is 6.42 Å². The number of alkyl carbamates (subject to hydrolysis) is 1. The number of hydrogen-bond donors (Lipinski definition) is 4. The van der Waals surface area contributed by atoms with E-state index in [1.54, 1.807) is 0 Å². The number of nitrogens with one attached hydrogen (secondary N) is 4. The molecule has 4 N–H and O–H groups in total. The Balaban J connectivity index is 1.53. The summed E-state index contributed by atoms with van der Waals surface area (Å²) >= 11 is 0. The predicted octanol–water partition coefficient (Wildman–Crippen LogP) is 0.840. The molecule has 0 aromatic heterocycles. The molecule has 1 aliphatic rings. The molecule has 0 unspecified atom stereocenters. The SMILES string of the molecule is C[C@@H]1CCCC[C@@H]1NC(=O)CNC(=O)CNC(=O)CNC(=O)OCc1ccccc1. The summed E-state index contributed by atoms with van der Waals surface area (Å²) in [5, 5.41) is 10.1. The maximum absolute atomic E-state index is 12.0. The van der Waals surface area contributed by atoms with E-state index in [9.17, 15) is 19.2 Å². The molecule has 9 heteroatoms. The molecule has 0 saturated heterocycles. The van der Waals surface area contributed by atoms with Crippen molar-refractivity contribution in [3.8, 4) is 0 Å². The van der Waals surface area contributed by atoms with Gasteiger partial charge in [-0.2, -0.15) is 0 Å². The van der Waals surface area contributed by atoms with Crippen LogP contribution in [0.1, 0.15) is 38.2 Å². The summed E-state index contributed by atoms with van der Waals surface area (Å²) in [5.41, 5.74) is 0.829. The zero-order chi connectivity index (χ0) is 21.8. The number of ether oxygens (including phenoxy) is 1. The zero-order valence-corrected chi connectivity index (χ0v) is 17.2. The fourth-order valence-corrected chi connectivity index (χ4v) is 3.20. The summed E-state index contributed by atoms with van der Waals surface area (Å²) < 4.78 is 4.99. The Bertz CT molecular complexity index is 725. The average molecular weight is 418 g/mol. The van der Waals surface area contributed by atoms with Gasteiger partial charge in [-0.05, 0) is 24.3 Å². The molecule has 2 rings (SSSR count). The van der Waals surface area contributed by atoms with Gasteiger partial charge in [-0.3, -0.25) is 14.4 Å². The van der Waals surface area contributed by atoms with Crippen LogP contribution in [-0.4, -0.2) is 49.5 Å². The van der Waals surface area contributed by atoms with Crippen LogP contribution in [0.5, 0.6) is 0 Å². The molecule has 1 aliphatic carbocycles. The van der Waals surface area contributed by atoms with Gasteiger partial charge in [-0.15, -0.1) is 0 Å². The van der Waals surface area contributed by atoms with Gasteiger partial charge in [-0.25, -0.2) is 4.79 Å². The minimum Gasteiger partial charge on any atom is -0.445 e. The van der Waals surface area contributed by atoms with Crippen LogP contribution in [0.4, 0.5) is 4.79 Å². The summed E-state index contributed by atoms with van der Waals surface area (Å²) in [7, 11) is 0. The van der Waals surface area contributed by atoms with Crippen molar-refractivity contribution in [1.82, 2.24) is 21.3 Å². The second kappa shape index (κ2) is 12.5. The number of amides is 4. The molecule has 1 aromatic carbocycles. The molecule has 30 heavy (non-hydrogen) atoms. The average Bonchev–Trinajstić information content (AvgIpc) is 2.75. The van der Waals surface area contributed by atoms with Gasteiger partial charge < -0.3 is 26.0 Å². The Labute approximate surface area is 176 Å². The van der Waals surface area contributed by atoms with E-state index < -0.39 is 17.9 Å². The lowest BCUT2D eigenvalue weighted by Crippen LogP contribution is -2.47. The lowest BCUT2D eigenvalue weighted by molar-refractivity contribution is -0.127. The van der Waals surface area contributed by atoms with Crippen molar-refractivity contribution in [3.05, 3.63) is 35.9 Å². The van der Waals surface area contributed by atoms with Crippen LogP contribution in [0.3, 0.4) is 0 Å². The Kier molecular flexibility index (Phi) is 9.63. The smallest absolute Gasteiger partial charge is 0.407 e. The zero-order valence-electron chi connectivity index (χ0n) is 17.2. The summed E-state index contributed by atoms with van der Waals surface area (Å²) in [4.78, 5) is 47.1. The van der Waals surface area contributed by atoms with E-state index in [0.717, 1.165) is 24.8 Å². The summed E-state index contributed by atoms with van der Waals surface area (Å²) in [6.45, 7) is 1.47. The Morgan fingerprint density at radius 2 is 1.47 bits per heavy atom. The van der Waals surface area contributed by atoms with E-state index in [1.807, 2.05) is 30.3 Å². The van der Waals surface area contributed by atoms with Crippen LogP contribution < -0.4 is 21.3 Å². The minimum atomic E-state index is -0.730. The van der Waals surface area contributed by atoms with Gasteiger partial charge in [0.05, 0.1) is 13.1 Å². The molecule has 0 spiro atoms. The van der Waals surface area contributed by atoms with Crippen LogP contribution in [0.15, 0.2) is 30.3 Å². The number of carbonyl (C=O) groups excluding carboxylic acids is 4. The van der Waals surface area contributed by atoms with Crippen LogP contribution in [0, 0.1) is 5.92 Å². The molecule has 4 amide bonds. The predicted molar refractivity (Wildman–Crippen MR) is 110 cm³/mol. The van der Waals surface area contributed by atoms with Crippen LogP contribution in [0.25, 0.3) is 0 Å². The first-order valence-electron chi connectivity index (χ1n) is 10.2. The molecule has 164 valence electrons. The number of carbonyl (C=O) groups is 4. The van der Waals surface area contributed by atoms with Crippen molar-refractivity contribution in [1.29, 1.82) is 0 Å². The van der Waals surface area contributed by atoms with Gasteiger partial charge in [0, 0.05) is 6.04 Å². The molecule has 2 atom stereocenters. The lowest BCUT2D eigenvalue weighted by Gasteiger charge is -2.29. The van der Waals surface area contributed by atoms with Gasteiger partial charge in [0.2, 0.25) is 17.7 Å². The Morgan fingerprint density at radius 3 is 2.13 bits per heavy atom. The van der Waals surface area contributed by atoms with E-state index in [-0.39, 0.29) is 38.2 Å². The summed E-state index contributed by atoms with van der Waals surface area (Å²) in [5.74, 6) is -0.829. The Morgan fingerprint density at radius 1 is 0.867 bits per heavy atom. The highest BCUT2D eigenvalue weighted by Crippen LogP contribution is 2.23. The second-order valence-electron chi connectivity index (χ2n) is 7.40. The standard InChI is InChI=1S/C21H30N4O5/c1-15-7-5-6-10-17(15)25-20(28)13-23-18(26)11-22-19(27)12-24-21(29)30-14-16-8-3-2-4-9-16/h2-4,8-9,15,17H,5-7,10-14H2,1H3,(H,22,27)(H,23,26)(H,24,29)(H,25,28)/t15-,17+/m1/s1. The molecule has 1 saturated carbocycles. The van der Waals surface area contributed by atoms with Gasteiger partial charge in [0.25, 0.3) is 0 Å². The minimum absolute atomic E-state index is 0.0956. The first kappa shape index (κ1) is 23.2. The highest BCUT2D eigenvalue weighted by atomic mass is 16.5. The first-order valence-corrected chi connectivity index (χ1v) is 10.2. The normalized spacial score (nSPS) is 18.0. The van der Waals surface area contributed by atoms with E-state index >= 15 is 0 Å². The summed E-state index contributed by atoms with van der Waals surface area (Å²) in [6.07, 6.45) is 3.60. The van der Waals surface area contributed by atoms with Gasteiger partial charge >= 0.3 is 6.09 Å². The molecule has 1 fully saturated rings. The maximum Gasteiger partial charge on any atom is 0.407 e. The van der Waals surface area contributed by atoms with Crippen molar-refractivity contribution < 1.29 is 23.9 Å².